The molecule has 0 spiro atoms. The zero-order chi connectivity index (χ0) is 30.2. The highest BCUT2D eigenvalue weighted by atomic mass is 35.5. The van der Waals surface area contributed by atoms with E-state index in [1.54, 1.807) is 38.1 Å². The van der Waals surface area contributed by atoms with E-state index in [4.69, 9.17) is 35.3 Å². The van der Waals surface area contributed by atoms with Gasteiger partial charge in [0, 0.05) is 35.7 Å². The molecular formula is C27H35ClN2O9S2. The number of dihydropyridines is 1. The zero-order valence-corrected chi connectivity index (χ0v) is 25.8. The van der Waals surface area contributed by atoms with Crippen molar-refractivity contribution in [2.75, 3.05) is 58.2 Å². The van der Waals surface area contributed by atoms with E-state index in [1.165, 1.54) is 35.6 Å². The maximum absolute atomic E-state index is 13.2. The molecule has 2 N–H and O–H groups in total. The lowest BCUT2D eigenvalue weighted by Crippen LogP contribution is -2.35. The molecule has 226 valence electrons. The average Bonchev–Trinajstić information content (AvgIpc) is 2.93. The number of methoxy groups -OCH3 is 1. The van der Waals surface area contributed by atoms with Crippen LogP contribution in [0.15, 0.2) is 46.8 Å². The van der Waals surface area contributed by atoms with Gasteiger partial charge in [-0.2, -0.15) is 0 Å². The minimum Gasteiger partial charge on any atom is -0.466 e. The molecule has 1 aliphatic rings. The monoisotopic (exact) mass is 630 g/mol. The first-order chi connectivity index (χ1) is 19.7. The number of hydrogen-bond donors (Lipinski definition) is 2. The Kier molecular flexibility index (Phi) is 15.5. The van der Waals surface area contributed by atoms with Crippen LogP contribution in [0.5, 0.6) is 0 Å². The van der Waals surface area contributed by atoms with E-state index in [9.17, 15) is 19.2 Å². The lowest BCUT2D eigenvalue weighted by atomic mass is 9.80. The lowest BCUT2D eigenvalue weighted by molar-refractivity contribution is -0.141. The summed E-state index contributed by atoms with van der Waals surface area (Å²) in [5.41, 5.74) is 1.85. The number of ether oxygens (including phenoxy) is 5. The second-order valence-electron chi connectivity index (χ2n) is 8.32. The fraction of sp³-hybridized carbons (Fsp3) is 0.481. The van der Waals surface area contributed by atoms with Crippen LogP contribution in [-0.2, 0) is 38.1 Å². The largest absolute Gasteiger partial charge is 0.466 e. The Labute approximate surface area is 252 Å². The molecule has 1 aromatic rings. The van der Waals surface area contributed by atoms with Crippen LogP contribution in [0.25, 0.3) is 0 Å². The van der Waals surface area contributed by atoms with Gasteiger partial charge in [0.05, 0.1) is 49.7 Å². The first-order valence-electron chi connectivity index (χ1n) is 12.8. The number of esters is 3. The molecule has 0 radical (unpaired) electrons. The van der Waals surface area contributed by atoms with Crippen molar-refractivity contribution in [3.8, 4) is 0 Å². The third-order valence-corrected chi connectivity index (χ3v) is 8.16. The third-order valence-electron chi connectivity index (χ3n) is 5.48. The van der Waals surface area contributed by atoms with Crippen LogP contribution in [0, 0.1) is 0 Å². The topological polar surface area (TPSA) is 138 Å². The molecule has 0 aliphatic carbocycles. The van der Waals surface area contributed by atoms with Crippen molar-refractivity contribution in [3.63, 3.8) is 0 Å². The molecule has 1 amide bonds. The first-order valence-corrected chi connectivity index (χ1v) is 15.6. The van der Waals surface area contributed by atoms with Gasteiger partial charge in [-0.1, -0.05) is 51.4 Å². The van der Waals surface area contributed by atoms with E-state index in [0.29, 0.717) is 40.1 Å². The summed E-state index contributed by atoms with van der Waals surface area (Å²) >= 11 is 6.50. The van der Waals surface area contributed by atoms with Gasteiger partial charge < -0.3 is 34.3 Å². The van der Waals surface area contributed by atoms with Crippen molar-refractivity contribution in [2.45, 2.75) is 26.7 Å². The zero-order valence-electron chi connectivity index (χ0n) is 23.4. The second-order valence-corrected chi connectivity index (χ2v) is 11.4. The molecule has 1 heterocycles. The summed E-state index contributed by atoms with van der Waals surface area (Å²) in [7, 11) is 4.30. The van der Waals surface area contributed by atoms with Crippen molar-refractivity contribution < 1.29 is 42.9 Å². The average molecular weight is 631 g/mol. The molecule has 0 saturated carbocycles. The number of allylic oxidation sites excluding steroid dienone is 1. The van der Waals surface area contributed by atoms with E-state index < -0.39 is 23.9 Å². The maximum atomic E-state index is 13.2. The molecule has 2 rings (SSSR count). The highest BCUT2D eigenvalue weighted by Gasteiger charge is 2.39. The number of rotatable bonds is 16. The van der Waals surface area contributed by atoms with Gasteiger partial charge in [0.15, 0.2) is 0 Å². The van der Waals surface area contributed by atoms with Crippen LogP contribution in [-0.4, -0.2) is 82.2 Å². The number of hydrogen-bond acceptors (Lipinski definition) is 12. The molecule has 14 heteroatoms. The highest BCUT2D eigenvalue weighted by Crippen LogP contribution is 2.41. The van der Waals surface area contributed by atoms with Gasteiger partial charge in [0.1, 0.15) is 13.2 Å². The van der Waals surface area contributed by atoms with E-state index in [2.05, 4.69) is 10.6 Å². The molecule has 1 atom stereocenters. The summed E-state index contributed by atoms with van der Waals surface area (Å²) in [5.74, 6) is -1.16. The quantitative estimate of drug-likeness (QED) is 0.118. The smallest absolute Gasteiger partial charge is 0.407 e. The van der Waals surface area contributed by atoms with Gasteiger partial charge in [-0.05, 0) is 25.5 Å². The van der Waals surface area contributed by atoms with E-state index in [1.807, 2.05) is 0 Å². The summed E-state index contributed by atoms with van der Waals surface area (Å²) in [6.07, 6.45) is -0.582. The van der Waals surface area contributed by atoms with Crippen molar-refractivity contribution >= 4 is 57.2 Å². The second kappa shape index (κ2) is 18.5. The molecule has 0 fully saturated rings. The predicted molar refractivity (Wildman–Crippen MR) is 157 cm³/mol. The summed E-state index contributed by atoms with van der Waals surface area (Å²) in [4.78, 5) is 48.6. The minimum atomic E-state index is -0.846. The van der Waals surface area contributed by atoms with E-state index in [-0.39, 0.29) is 50.1 Å². The molecule has 41 heavy (non-hydrogen) atoms. The molecule has 11 nitrogen and oxygen atoms in total. The van der Waals surface area contributed by atoms with Gasteiger partial charge in [-0.25, -0.2) is 14.4 Å². The standard InChI is InChI=1S/C27H35ClN2O9S2/c1-5-37-26(33)24-21(16-36-11-10-29-27(34)39-13-15-41-40-14-12-38-18(3)31)30-17(2)22(25(32)35-4)23(24)19-8-6-7-9-20(19)28/h6-9,23,30H,5,10-16H2,1-4H3,(H,29,34). The Bertz CT molecular complexity index is 1140. The van der Waals surface area contributed by atoms with Gasteiger partial charge in [0.2, 0.25) is 0 Å². The number of carbonyl (C=O) groups is 4. The van der Waals surface area contributed by atoms with Crippen LogP contribution in [0.4, 0.5) is 4.79 Å². The molecule has 0 bridgehead atoms. The van der Waals surface area contributed by atoms with Crippen LogP contribution < -0.4 is 10.6 Å². The van der Waals surface area contributed by atoms with Gasteiger partial charge in [-0.15, -0.1) is 0 Å². The Morgan fingerprint density at radius 3 is 2.29 bits per heavy atom. The number of nitrogens with one attached hydrogen (secondary N) is 2. The summed E-state index contributed by atoms with van der Waals surface area (Å²) in [6.45, 7) is 5.69. The number of benzene rings is 1. The number of halogens is 1. The highest BCUT2D eigenvalue weighted by molar-refractivity contribution is 8.76. The first kappa shape index (κ1) is 34.3. The van der Waals surface area contributed by atoms with Crippen LogP contribution in [0.3, 0.4) is 0 Å². The van der Waals surface area contributed by atoms with Crippen molar-refractivity contribution in [1.82, 2.24) is 10.6 Å². The van der Waals surface area contributed by atoms with Crippen molar-refractivity contribution in [3.05, 3.63) is 57.4 Å². The SMILES string of the molecule is CCOC(=O)C1=C(COCCNC(=O)OCCSSCCOC(C)=O)NC(C)=C(C(=O)OC)C1c1ccccc1Cl. The summed E-state index contributed by atoms with van der Waals surface area (Å²) in [5, 5.41) is 6.07. The molecule has 0 saturated heterocycles. The molecule has 1 unspecified atom stereocenters. The lowest BCUT2D eigenvalue weighted by Gasteiger charge is -2.31. The van der Waals surface area contributed by atoms with Gasteiger partial charge in [0.25, 0.3) is 0 Å². The maximum Gasteiger partial charge on any atom is 0.407 e. The predicted octanol–water partition coefficient (Wildman–Crippen LogP) is 3.98. The van der Waals surface area contributed by atoms with Crippen LogP contribution >= 0.6 is 33.2 Å². The fourth-order valence-corrected chi connectivity index (χ4v) is 5.72. The fourth-order valence-electron chi connectivity index (χ4n) is 3.82. The Hall–Kier alpha value is -2.87. The van der Waals surface area contributed by atoms with Gasteiger partial charge in [-0.3, -0.25) is 4.79 Å². The molecule has 1 aliphatic heterocycles. The van der Waals surface area contributed by atoms with Gasteiger partial charge >= 0.3 is 24.0 Å². The molecular weight excluding hydrogens is 596 g/mol. The number of amides is 1. The van der Waals surface area contributed by atoms with Crippen molar-refractivity contribution in [1.29, 1.82) is 0 Å². The normalized spacial score (nSPS) is 14.7. The van der Waals surface area contributed by atoms with Crippen molar-refractivity contribution in [2.24, 2.45) is 0 Å². The van der Waals surface area contributed by atoms with Crippen LogP contribution in [0.1, 0.15) is 32.3 Å². The number of carbonyl (C=O) groups excluding carboxylic acids is 4. The molecule has 1 aromatic carbocycles. The Morgan fingerprint density at radius 1 is 0.976 bits per heavy atom. The summed E-state index contributed by atoms with van der Waals surface area (Å²) in [6, 6.07) is 6.93. The van der Waals surface area contributed by atoms with E-state index >= 15 is 0 Å². The molecule has 0 aromatic heterocycles. The third kappa shape index (κ3) is 11.1. The summed E-state index contributed by atoms with van der Waals surface area (Å²) < 4.78 is 26.1. The Balaban J connectivity index is 1.98. The Morgan fingerprint density at radius 2 is 1.66 bits per heavy atom. The van der Waals surface area contributed by atoms with E-state index in [0.717, 1.165) is 0 Å². The minimum absolute atomic E-state index is 0.0289. The van der Waals surface area contributed by atoms with Crippen LogP contribution in [0.2, 0.25) is 5.02 Å². The number of alkyl carbamates (subject to hydrolysis) is 1.